The molecule has 0 N–H and O–H groups in total. The Morgan fingerprint density at radius 3 is 2.17 bits per heavy atom. The molecule has 0 amide bonds. The maximum atomic E-state index is 10.7. The Kier molecular flexibility index (Phi) is 8.97. The zero-order valence-electron chi connectivity index (χ0n) is 14.2. The molecular formula is C17H25NO5. The molecule has 0 spiro atoms. The van der Waals surface area contributed by atoms with Crippen molar-refractivity contribution in [3.05, 3.63) is 35.4 Å². The van der Waals surface area contributed by atoms with Crippen molar-refractivity contribution in [2.75, 3.05) is 39.1 Å². The van der Waals surface area contributed by atoms with Crippen LogP contribution in [0.1, 0.15) is 26.3 Å². The van der Waals surface area contributed by atoms with E-state index in [9.17, 15) is 4.79 Å². The van der Waals surface area contributed by atoms with E-state index in [1.807, 2.05) is 29.2 Å². The molecule has 0 radical (unpaired) electrons. The molecule has 0 unspecified atom stereocenters. The van der Waals surface area contributed by atoms with E-state index in [1.165, 1.54) is 12.5 Å². The smallest absolute Gasteiger partial charge is 0.304 e. The van der Waals surface area contributed by atoms with Gasteiger partial charge in [-0.2, -0.15) is 0 Å². The van der Waals surface area contributed by atoms with Crippen LogP contribution in [0.2, 0.25) is 0 Å². The van der Waals surface area contributed by atoms with E-state index in [0.717, 1.165) is 11.3 Å². The zero-order valence-corrected chi connectivity index (χ0v) is 14.2. The Hall–Kier alpha value is -1.89. The molecule has 0 aromatic heterocycles. The van der Waals surface area contributed by atoms with Crippen LogP contribution in [-0.4, -0.2) is 40.1 Å². The molecule has 0 bridgehead atoms. The lowest BCUT2D eigenvalue weighted by molar-refractivity contribution is -0.153. The number of methoxy groups -OCH3 is 1. The second kappa shape index (κ2) is 10.8. The summed E-state index contributed by atoms with van der Waals surface area (Å²) in [7, 11) is 1.57. The Bertz CT molecular complexity index is 494. The van der Waals surface area contributed by atoms with Crippen molar-refractivity contribution in [1.29, 1.82) is 0 Å². The Morgan fingerprint density at radius 2 is 1.65 bits per heavy atom. The summed E-state index contributed by atoms with van der Waals surface area (Å²) in [5, 5.41) is 0. The molecule has 23 heavy (non-hydrogen) atoms. The van der Waals surface area contributed by atoms with Crippen LogP contribution >= 0.6 is 0 Å². The van der Waals surface area contributed by atoms with Crippen molar-refractivity contribution in [2.45, 2.75) is 20.8 Å². The van der Waals surface area contributed by atoms with Gasteiger partial charge in [0, 0.05) is 19.7 Å². The third-order valence-corrected chi connectivity index (χ3v) is 2.75. The van der Waals surface area contributed by atoms with Crippen LogP contribution in [0.3, 0.4) is 0 Å². The first-order valence-corrected chi connectivity index (χ1v) is 7.30. The molecule has 0 aliphatic carbocycles. The van der Waals surface area contributed by atoms with Crippen LogP contribution in [0.15, 0.2) is 29.8 Å². The number of rotatable bonds is 10. The molecule has 0 saturated carbocycles. The number of ether oxygens (including phenoxy) is 4. The average molecular weight is 323 g/mol. The summed E-state index contributed by atoms with van der Waals surface area (Å²) < 4.78 is 20.3. The number of benzene rings is 1. The quantitative estimate of drug-likeness (QED) is 0.375. The summed E-state index contributed by atoms with van der Waals surface area (Å²) in [6.45, 7) is 6.09. The predicted octanol–water partition coefficient (Wildman–Crippen LogP) is 2.99. The van der Waals surface area contributed by atoms with Gasteiger partial charge in [-0.05, 0) is 31.5 Å². The molecule has 128 valence electrons. The van der Waals surface area contributed by atoms with Crippen molar-refractivity contribution in [1.82, 2.24) is 0 Å². The number of esters is 1. The lowest BCUT2D eigenvalue weighted by Crippen LogP contribution is -2.30. The van der Waals surface area contributed by atoms with Gasteiger partial charge < -0.3 is 23.8 Å². The van der Waals surface area contributed by atoms with Gasteiger partial charge in [-0.15, -0.1) is 0 Å². The first-order chi connectivity index (χ1) is 11.0. The van der Waals surface area contributed by atoms with Crippen LogP contribution in [0, 0.1) is 0 Å². The number of carbonyl (C=O) groups excluding carboxylic acids is 1. The SMILES string of the molecule is COCOCN(COCOC(C)=O)c1ccc(C=C(C)C)cc1. The second-order valence-electron chi connectivity index (χ2n) is 5.18. The molecule has 0 atom stereocenters. The van der Waals surface area contributed by atoms with Crippen LogP contribution in [0.5, 0.6) is 0 Å². The minimum atomic E-state index is -0.377. The van der Waals surface area contributed by atoms with Gasteiger partial charge in [-0.1, -0.05) is 23.8 Å². The predicted molar refractivity (Wildman–Crippen MR) is 88.7 cm³/mol. The molecule has 0 heterocycles. The minimum Gasteiger partial charge on any atom is -0.439 e. The van der Waals surface area contributed by atoms with Gasteiger partial charge in [-0.25, -0.2) is 0 Å². The number of anilines is 1. The highest BCUT2D eigenvalue weighted by molar-refractivity contribution is 5.65. The number of carbonyl (C=O) groups is 1. The van der Waals surface area contributed by atoms with Crippen molar-refractivity contribution >= 4 is 17.7 Å². The van der Waals surface area contributed by atoms with Crippen molar-refractivity contribution < 1.29 is 23.7 Å². The molecule has 0 saturated heterocycles. The first kappa shape index (κ1) is 19.2. The highest BCUT2D eigenvalue weighted by Gasteiger charge is 2.07. The summed E-state index contributed by atoms with van der Waals surface area (Å²) in [6, 6.07) is 8.02. The summed E-state index contributed by atoms with van der Waals surface area (Å²) in [5.74, 6) is -0.377. The zero-order chi connectivity index (χ0) is 17.1. The topological polar surface area (TPSA) is 57.2 Å². The highest BCUT2D eigenvalue weighted by Crippen LogP contribution is 2.17. The molecule has 0 aliphatic rings. The summed E-state index contributed by atoms with van der Waals surface area (Å²) in [5.41, 5.74) is 3.31. The van der Waals surface area contributed by atoms with E-state index in [4.69, 9.17) is 18.9 Å². The normalized spacial score (nSPS) is 10.3. The van der Waals surface area contributed by atoms with Gasteiger partial charge in [-0.3, -0.25) is 4.79 Å². The standard InChI is InChI=1S/C17H25NO5/c1-14(2)9-16-5-7-17(8-6-16)18(10-21-12-20-4)11-22-13-23-15(3)19/h5-9H,10-13H2,1-4H3. The van der Waals surface area contributed by atoms with Gasteiger partial charge in [0.15, 0.2) is 6.79 Å². The fraction of sp³-hybridized carbons (Fsp3) is 0.471. The molecule has 1 aromatic rings. The molecule has 0 aliphatic heterocycles. The Balaban J connectivity index is 2.65. The lowest BCUT2D eigenvalue weighted by Gasteiger charge is -2.24. The molecule has 6 heteroatoms. The van der Waals surface area contributed by atoms with Gasteiger partial charge in [0.2, 0.25) is 0 Å². The van der Waals surface area contributed by atoms with E-state index >= 15 is 0 Å². The van der Waals surface area contributed by atoms with Crippen molar-refractivity contribution in [2.24, 2.45) is 0 Å². The third-order valence-electron chi connectivity index (χ3n) is 2.75. The van der Waals surface area contributed by atoms with Gasteiger partial charge >= 0.3 is 5.97 Å². The number of allylic oxidation sites excluding steroid dienone is 1. The van der Waals surface area contributed by atoms with Crippen LogP contribution < -0.4 is 4.90 Å². The van der Waals surface area contributed by atoms with Crippen molar-refractivity contribution in [3.8, 4) is 0 Å². The van der Waals surface area contributed by atoms with Crippen LogP contribution in [0.25, 0.3) is 6.08 Å². The van der Waals surface area contributed by atoms with Crippen LogP contribution in [-0.2, 0) is 23.7 Å². The largest absolute Gasteiger partial charge is 0.439 e. The fourth-order valence-electron chi connectivity index (χ4n) is 1.80. The van der Waals surface area contributed by atoms with E-state index < -0.39 is 0 Å². The number of nitrogens with zero attached hydrogens (tertiary/aromatic N) is 1. The highest BCUT2D eigenvalue weighted by atomic mass is 16.7. The lowest BCUT2D eigenvalue weighted by atomic mass is 10.1. The monoisotopic (exact) mass is 323 g/mol. The number of hydrogen-bond donors (Lipinski definition) is 0. The summed E-state index contributed by atoms with van der Waals surface area (Å²) in [6.07, 6.45) is 2.10. The molecule has 1 aromatic carbocycles. The number of hydrogen-bond acceptors (Lipinski definition) is 6. The maximum absolute atomic E-state index is 10.7. The fourth-order valence-corrected chi connectivity index (χ4v) is 1.80. The summed E-state index contributed by atoms with van der Waals surface area (Å²) >= 11 is 0. The average Bonchev–Trinajstić information content (AvgIpc) is 2.50. The van der Waals surface area contributed by atoms with Gasteiger partial charge in [0.05, 0.1) is 0 Å². The summed E-state index contributed by atoms with van der Waals surface area (Å²) in [4.78, 5) is 12.6. The van der Waals surface area contributed by atoms with Crippen molar-refractivity contribution in [3.63, 3.8) is 0 Å². The maximum Gasteiger partial charge on any atom is 0.304 e. The molecular weight excluding hydrogens is 298 g/mol. The first-order valence-electron chi connectivity index (χ1n) is 7.30. The molecule has 1 rings (SSSR count). The molecule has 0 fully saturated rings. The second-order valence-corrected chi connectivity index (χ2v) is 5.18. The van der Waals surface area contributed by atoms with E-state index in [0.29, 0.717) is 6.73 Å². The minimum absolute atomic E-state index is 0.0913. The van der Waals surface area contributed by atoms with E-state index in [-0.39, 0.29) is 26.3 Å². The van der Waals surface area contributed by atoms with E-state index in [1.54, 1.807) is 7.11 Å². The van der Waals surface area contributed by atoms with E-state index in [2.05, 4.69) is 19.9 Å². The van der Waals surface area contributed by atoms with Crippen LogP contribution in [0.4, 0.5) is 5.69 Å². The van der Waals surface area contributed by atoms with Gasteiger partial charge in [0.1, 0.15) is 20.3 Å². The Labute approximate surface area is 137 Å². The Morgan fingerprint density at radius 1 is 1.04 bits per heavy atom. The molecule has 6 nitrogen and oxygen atoms in total. The van der Waals surface area contributed by atoms with Gasteiger partial charge in [0.25, 0.3) is 0 Å². The third kappa shape index (κ3) is 8.35.